The van der Waals surface area contributed by atoms with Crippen molar-refractivity contribution in [2.24, 2.45) is 0 Å². The van der Waals surface area contributed by atoms with E-state index in [2.05, 4.69) is 99.9 Å². The van der Waals surface area contributed by atoms with E-state index in [1.54, 1.807) is 24.5 Å². The van der Waals surface area contributed by atoms with Crippen molar-refractivity contribution >= 4 is 5.91 Å². The Kier molecular flexibility index (Phi) is 29.9. The zero-order valence-corrected chi connectivity index (χ0v) is 31.3. The van der Waals surface area contributed by atoms with Crippen molar-refractivity contribution in [2.45, 2.75) is 113 Å². The molecule has 2 aliphatic rings. The maximum absolute atomic E-state index is 12.7. The van der Waals surface area contributed by atoms with Crippen LogP contribution in [-0.2, 0) is 11.3 Å². The van der Waals surface area contributed by atoms with E-state index in [0.717, 1.165) is 56.6 Å². The van der Waals surface area contributed by atoms with E-state index in [0.29, 0.717) is 17.9 Å². The molecule has 1 aromatic rings. The van der Waals surface area contributed by atoms with Crippen molar-refractivity contribution in [3.8, 4) is 0 Å². The lowest BCUT2D eigenvalue weighted by molar-refractivity contribution is 0.0959. The molecule has 1 aromatic heterocycles. The third-order valence-corrected chi connectivity index (χ3v) is 6.44. The van der Waals surface area contributed by atoms with E-state index in [4.69, 9.17) is 4.74 Å². The molecule has 47 heavy (non-hydrogen) atoms. The number of hydrogen-bond acceptors (Lipinski definition) is 6. The summed E-state index contributed by atoms with van der Waals surface area (Å²) in [7, 11) is 1.81. The predicted octanol–water partition coefficient (Wildman–Crippen LogP) is 9.77. The fourth-order valence-corrected chi connectivity index (χ4v) is 3.64. The molecule has 7 nitrogen and oxygen atoms in total. The highest BCUT2D eigenvalue weighted by atomic mass is 16.5. The SMILES string of the molecule is C1CC1.C=CC(=C)NNCc1ccnc(C(=O)NC2=CC=C(/C(C)=C/C(CC)=C(C)C)CC2)c1.C=CNC.CC.CCCOCCC. The number of amides is 1. The minimum atomic E-state index is -0.196. The first-order valence-corrected chi connectivity index (χ1v) is 17.3. The van der Waals surface area contributed by atoms with Crippen LogP contribution in [0.5, 0.6) is 0 Å². The molecular weight excluding hydrogens is 582 g/mol. The number of carbonyl (C=O) groups is 1. The number of aromatic nitrogens is 1. The molecule has 0 aromatic carbocycles. The van der Waals surface area contributed by atoms with Crippen LogP contribution < -0.4 is 21.5 Å². The third kappa shape index (κ3) is 25.1. The zero-order valence-electron chi connectivity index (χ0n) is 31.3. The highest BCUT2D eigenvalue weighted by molar-refractivity contribution is 5.93. The summed E-state index contributed by atoms with van der Waals surface area (Å²) in [5.74, 6) is -0.196. The molecule has 0 spiro atoms. The minimum absolute atomic E-state index is 0.196. The van der Waals surface area contributed by atoms with Gasteiger partial charge in [0.05, 0.1) is 0 Å². The van der Waals surface area contributed by atoms with Gasteiger partial charge < -0.3 is 20.8 Å². The molecule has 4 N–H and O–H groups in total. The third-order valence-electron chi connectivity index (χ3n) is 6.44. The van der Waals surface area contributed by atoms with E-state index >= 15 is 0 Å². The lowest BCUT2D eigenvalue weighted by Gasteiger charge is -2.17. The molecule has 2 aliphatic carbocycles. The monoisotopic (exact) mass is 650 g/mol. The number of nitrogens with zero attached hydrogens (tertiary/aromatic N) is 1. The van der Waals surface area contributed by atoms with Gasteiger partial charge in [0.15, 0.2) is 0 Å². The molecule has 7 heteroatoms. The molecule has 264 valence electrons. The summed E-state index contributed by atoms with van der Waals surface area (Å²) in [5.41, 5.74) is 14.2. The van der Waals surface area contributed by atoms with Gasteiger partial charge in [-0.15, -0.1) is 0 Å². The van der Waals surface area contributed by atoms with E-state index in [9.17, 15) is 4.79 Å². The normalized spacial score (nSPS) is 12.5. The molecule has 3 rings (SSSR count). The Balaban J connectivity index is 0. The lowest BCUT2D eigenvalue weighted by Crippen LogP contribution is -2.29. The van der Waals surface area contributed by atoms with Crippen LogP contribution in [0, 0.1) is 0 Å². The molecular formula is C40H67N5O2. The topological polar surface area (TPSA) is 87.3 Å². The summed E-state index contributed by atoms with van der Waals surface area (Å²) in [6.45, 7) is 30.0. The largest absolute Gasteiger partial charge is 0.394 e. The number of rotatable bonds is 15. The second kappa shape index (κ2) is 30.9. The summed E-state index contributed by atoms with van der Waals surface area (Å²) in [5, 5.41) is 5.69. The average molecular weight is 650 g/mol. The lowest BCUT2D eigenvalue weighted by atomic mass is 9.94. The smallest absolute Gasteiger partial charge is 0.274 e. The summed E-state index contributed by atoms with van der Waals surface area (Å²) < 4.78 is 5.13. The molecule has 1 amide bonds. The van der Waals surface area contributed by atoms with Crippen molar-refractivity contribution in [1.82, 2.24) is 26.5 Å². The van der Waals surface area contributed by atoms with Crippen molar-refractivity contribution < 1.29 is 9.53 Å². The van der Waals surface area contributed by atoms with Crippen molar-refractivity contribution in [2.75, 3.05) is 20.3 Å². The van der Waals surface area contributed by atoms with Crippen molar-refractivity contribution in [3.05, 3.63) is 114 Å². The van der Waals surface area contributed by atoms with E-state index < -0.39 is 0 Å². The molecule has 0 saturated heterocycles. The Morgan fingerprint density at radius 1 is 1.00 bits per heavy atom. The van der Waals surface area contributed by atoms with E-state index in [1.807, 2.05) is 33.0 Å². The van der Waals surface area contributed by atoms with Crippen LogP contribution in [0.25, 0.3) is 0 Å². The van der Waals surface area contributed by atoms with Gasteiger partial charge in [-0.25, -0.2) is 5.43 Å². The molecule has 0 aliphatic heterocycles. The Morgan fingerprint density at radius 3 is 2.06 bits per heavy atom. The highest BCUT2D eigenvalue weighted by Crippen LogP contribution is 2.25. The van der Waals surface area contributed by atoms with Gasteiger partial charge >= 0.3 is 0 Å². The van der Waals surface area contributed by atoms with Gasteiger partial charge in [0.2, 0.25) is 0 Å². The van der Waals surface area contributed by atoms with Gasteiger partial charge in [-0.3, -0.25) is 9.78 Å². The van der Waals surface area contributed by atoms with Crippen LogP contribution in [0.15, 0.2) is 102 Å². The van der Waals surface area contributed by atoms with Crippen LogP contribution in [0.2, 0.25) is 0 Å². The molecule has 0 bridgehead atoms. The number of carbonyl (C=O) groups excluding carboxylic acids is 1. The number of nitrogens with one attached hydrogen (secondary N) is 4. The number of hydrazine groups is 1. The predicted molar refractivity (Wildman–Crippen MR) is 205 cm³/mol. The second-order valence-electron chi connectivity index (χ2n) is 11.0. The maximum atomic E-state index is 12.7. The Labute approximate surface area is 288 Å². The van der Waals surface area contributed by atoms with E-state index in [-0.39, 0.29) is 5.91 Å². The quantitative estimate of drug-likeness (QED) is 0.0860. The number of ether oxygens (including phenoxy) is 1. The molecule has 1 saturated carbocycles. The molecule has 0 atom stereocenters. The van der Waals surface area contributed by atoms with Gasteiger partial charge in [0.1, 0.15) is 5.69 Å². The first kappa shape index (κ1) is 45.4. The van der Waals surface area contributed by atoms with Crippen LogP contribution in [-0.4, -0.2) is 31.2 Å². The summed E-state index contributed by atoms with van der Waals surface area (Å²) in [6, 6.07) is 3.65. The number of hydrogen-bond donors (Lipinski definition) is 4. The molecule has 1 fully saturated rings. The highest BCUT2D eigenvalue weighted by Gasteiger charge is 2.13. The van der Waals surface area contributed by atoms with Crippen molar-refractivity contribution in [3.63, 3.8) is 0 Å². The first-order valence-electron chi connectivity index (χ1n) is 17.3. The molecule has 0 unspecified atom stereocenters. The summed E-state index contributed by atoms with van der Waals surface area (Å²) in [6.07, 6.45) is 20.8. The fourth-order valence-electron chi connectivity index (χ4n) is 3.64. The van der Waals surface area contributed by atoms with Gasteiger partial charge in [0, 0.05) is 44.4 Å². The molecule has 0 radical (unpaired) electrons. The second-order valence-corrected chi connectivity index (χ2v) is 11.0. The fraction of sp³-hybridized carbons (Fsp3) is 0.500. The van der Waals surface area contributed by atoms with Gasteiger partial charge in [-0.1, -0.05) is 91.3 Å². The Morgan fingerprint density at radius 2 is 1.62 bits per heavy atom. The van der Waals surface area contributed by atoms with Crippen LogP contribution in [0.1, 0.15) is 123 Å². The standard InChI is InChI=1S/C26H34N4O.C6H14O.C3H7N.C3H6.C2H6/c1-7-20(6)30-28-17-21-13-14-27-25(16-21)26(31)29-24-11-9-23(10-12-24)19(5)15-22(8-2)18(3)4;1-3-5-7-6-4-2;1-3-4-2;1-2-3-1;1-2/h7,9,11,13-16,28,30H,1,6,8,10,12,17H2,2-5H3,(H,29,31);3-6H2,1-2H3;3-4H,1H2,2H3;1-3H2;1-2H3/b19-15+;;;;. The zero-order chi connectivity index (χ0) is 35.9. The maximum Gasteiger partial charge on any atom is 0.274 e. The number of pyridine rings is 1. The van der Waals surface area contributed by atoms with E-state index in [1.165, 1.54) is 41.6 Å². The average Bonchev–Trinajstić information content (AvgIpc) is 3.99. The van der Waals surface area contributed by atoms with Crippen LogP contribution in [0.4, 0.5) is 0 Å². The van der Waals surface area contributed by atoms with Gasteiger partial charge in [-0.05, 0) is 106 Å². The van der Waals surface area contributed by atoms with Gasteiger partial charge in [-0.2, -0.15) is 0 Å². The molecule has 1 heterocycles. The Hall–Kier alpha value is -3.68. The number of allylic oxidation sites excluding steroid dienone is 9. The van der Waals surface area contributed by atoms with Crippen LogP contribution >= 0.6 is 0 Å². The summed E-state index contributed by atoms with van der Waals surface area (Å²) >= 11 is 0. The Bertz CT molecular complexity index is 1150. The summed E-state index contributed by atoms with van der Waals surface area (Å²) in [4.78, 5) is 16.9. The van der Waals surface area contributed by atoms with Crippen LogP contribution in [0.3, 0.4) is 0 Å². The van der Waals surface area contributed by atoms with Gasteiger partial charge in [0.25, 0.3) is 5.91 Å². The first-order chi connectivity index (χ1) is 22.7. The minimum Gasteiger partial charge on any atom is -0.394 e. The van der Waals surface area contributed by atoms with Crippen molar-refractivity contribution in [1.29, 1.82) is 0 Å².